The molecule has 1 aromatic heterocycles. The largest absolute Gasteiger partial charge is 0.379 e. The first-order valence-electron chi connectivity index (χ1n) is 11.1. The van der Waals surface area contributed by atoms with Crippen LogP contribution in [-0.4, -0.2) is 59.0 Å². The molecular weight excluding hydrogens is 378 g/mol. The normalized spacial score (nSPS) is 18.0. The lowest BCUT2D eigenvalue weighted by Gasteiger charge is -2.27. The molecule has 0 saturated carbocycles. The van der Waals surface area contributed by atoms with Gasteiger partial charge < -0.3 is 19.9 Å². The average Bonchev–Trinajstić information content (AvgIpc) is 3.01. The molecule has 2 aromatic rings. The minimum atomic E-state index is 0.627. The summed E-state index contributed by atoms with van der Waals surface area (Å²) in [6, 6.07) is 8.62. The van der Waals surface area contributed by atoms with Crippen LogP contribution in [0.4, 0.5) is 0 Å². The highest BCUT2D eigenvalue weighted by Crippen LogP contribution is 2.15. The van der Waals surface area contributed by atoms with E-state index in [1.807, 2.05) is 0 Å². The molecule has 3 heterocycles. The Kier molecular flexibility index (Phi) is 7.31. The van der Waals surface area contributed by atoms with Crippen LogP contribution in [0.3, 0.4) is 0 Å². The van der Waals surface area contributed by atoms with E-state index in [0.29, 0.717) is 6.54 Å². The van der Waals surface area contributed by atoms with Crippen molar-refractivity contribution < 1.29 is 4.74 Å². The van der Waals surface area contributed by atoms with E-state index in [-0.39, 0.29) is 0 Å². The number of nitrogens with one attached hydrogen (secondary N) is 2. The van der Waals surface area contributed by atoms with Crippen molar-refractivity contribution in [3.63, 3.8) is 0 Å². The molecule has 0 spiro atoms. The Morgan fingerprint density at radius 3 is 2.63 bits per heavy atom. The summed E-state index contributed by atoms with van der Waals surface area (Å²) in [6.07, 6.45) is 4.70. The second-order valence-corrected chi connectivity index (χ2v) is 7.93. The lowest BCUT2D eigenvalue weighted by atomic mass is 10.1. The molecule has 0 amide bonds. The SMILES string of the molecule is CN=C(NCc1ccccc1CN1CCOCC1)NCc1nnc2n1CCCCC2. The first-order valence-corrected chi connectivity index (χ1v) is 11.1. The molecule has 0 radical (unpaired) electrons. The number of hydrogen-bond acceptors (Lipinski definition) is 5. The topological polar surface area (TPSA) is 79.6 Å². The standard InChI is InChI=1S/C22H33N7O/c1-23-22(25-16-21-27-26-20-9-3-2-6-10-29(20)21)24-15-18-7-4-5-8-19(18)17-28-11-13-30-14-12-28/h4-5,7-8H,2-3,6,9-17H2,1H3,(H2,23,24,25). The first kappa shape index (κ1) is 20.8. The van der Waals surface area contributed by atoms with Gasteiger partial charge in [-0.3, -0.25) is 9.89 Å². The molecule has 2 aliphatic heterocycles. The second-order valence-electron chi connectivity index (χ2n) is 7.93. The Balaban J connectivity index is 1.32. The van der Waals surface area contributed by atoms with E-state index in [1.165, 1.54) is 30.4 Å². The summed E-state index contributed by atoms with van der Waals surface area (Å²) in [6.45, 7) is 6.97. The zero-order valence-electron chi connectivity index (χ0n) is 17.9. The van der Waals surface area contributed by atoms with E-state index in [1.54, 1.807) is 7.05 Å². The van der Waals surface area contributed by atoms with Gasteiger partial charge >= 0.3 is 0 Å². The Labute approximate surface area is 178 Å². The van der Waals surface area contributed by atoms with Gasteiger partial charge in [0.05, 0.1) is 19.8 Å². The zero-order valence-corrected chi connectivity index (χ0v) is 17.9. The molecule has 1 aromatic carbocycles. The molecule has 0 bridgehead atoms. The van der Waals surface area contributed by atoms with Crippen molar-refractivity contribution in [1.29, 1.82) is 0 Å². The maximum Gasteiger partial charge on any atom is 0.191 e. The van der Waals surface area contributed by atoms with Crippen molar-refractivity contribution in [1.82, 2.24) is 30.3 Å². The molecule has 0 aliphatic carbocycles. The molecule has 8 heteroatoms. The summed E-state index contributed by atoms with van der Waals surface area (Å²) in [5.41, 5.74) is 2.65. The molecular formula is C22H33N7O. The third-order valence-corrected chi connectivity index (χ3v) is 5.89. The number of rotatable bonds is 6. The van der Waals surface area contributed by atoms with Gasteiger partial charge in [0.2, 0.25) is 0 Å². The number of fused-ring (bicyclic) bond motifs is 1. The molecule has 4 rings (SSSR count). The molecule has 8 nitrogen and oxygen atoms in total. The van der Waals surface area contributed by atoms with Crippen molar-refractivity contribution in [3.8, 4) is 0 Å². The molecule has 1 saturated heterocycles. The Hall–Kier alpha value is -2.45. The number of aliphatic imine (C=N–C) groups is 1. The predicted octanol–water partition coefficient (Wildman–Crippen LogP) is 1.70. The van der Waals surface area contributed by atoms with E-state index in [2.05, 4.69) is 59.6 Å². The molecule has 0 unspecified atom stereocenters. The van der Waals surface area contributed by atoms with Crippen molar-refractivity contribution in [2.45, 2.75) is 51.9 Å². The van der Waals surface area contributed by atoms with Crippen molar-refractivity contribution in [3.05, 3.63) is 47.0 Å². The zero-order chi connectivity index (χ0) is 20.6. The number of benzene rings is 1. The summed E-state index contributed by atoms with van der Waals surface area (Å²) in [4.78, 5) is 6.84. The maximum atomic E-state index is 5.47. The average molecular weight is 412 g/mol. The molecule has 1 fully saturated rings. The molecule has 162 valence electrons. The lowest BCUT2D eigenvalue weighted by molar-refractivity contribution is 0.0341. The van der Waals surface area contributed by atoms with Gasteiger partial charge in [0.25, 0.3) is 0 Å². The van der Waals surface area contributed by atoms with Crippen LogP contribution >= 0.6 is 0 Å². The van der Waals surface area contributed by atoms with E-state index in [9.17, 15) is 0 Å². The van der Waals surface area contributed by atoms with Crippen LogP contribution in [0.5, 0.6) is 0 Å². The highest BCUT2D eigenvalue weighted by molar-refractivity contribution is 5.79. The fourth-order valence-corrected chi connectivity index (χ4v) is 4.12. The number of nitrogens with zero attached hydrogens (tertiary/aromatic N) is 5. The van der Waals surface area contributed by atoms with Crippen LogP contribution in [0.15, 0.2) is 29.3 Å². The molecule has 0 atom stereocenters. The number of guanidine groups is 1. The van der Waals surface area contributed by atoms with Crippen LogP contribution in [0.25, 0.3) is 0 Å². The van der Waals surface area contributed by atoms with Gasteiger partial charge in [-0.1, -0.05) is 30.7 Å². The third kappa shape index (κ3) is 5.37. The highest BCUT2D eigenvalue weighted by atomic mass is 16.5. The smallest absolute Gasteiger partial charge is 0.191 e. The molecule has 30 heavy (non-hydrogen) atoms. The van der Waals surface area contributed by atoms with Crippen LogP contribution in [0.1, 0.15) is 42.0 Å². The minimum Gasteiger partial charge on any atom is -0.379 e. The van der Waals surface area contributed by atoms with Crippen LogP contribution in [0, 0.1) is 0 Å². The van der Waals surface area contributed by atoms with Crippen molar-refractivity contribution in [2.75, 3.05) is 33.4 Å². The van der Waals surface area contributed by atoms with Crippen LogP contribution in [-0.2, 0) is 37.3 Å². The van der Waals surface area contributed by atoms with Gasteiger partial charge in [0, 0.05) is 46.2 Å². The van der Waals surface area contributed by atoms with E-state index in [4.69, 9.17) is 4.74 Å². The van der Waals surface area contributed by atoms with Gasteiger partial charge in [-0.25, -0.2) is 0 Å². The number of aromatic nitrogens is 3. The van der Waals surface area contributed by atoms with Crippen molar-refractivity contribution in [2.24, 2.45) is 4.99 Å². The van der Waals surface area contributed by atoms with Gasteiger partial charge in [-0.05, 0) is 24.0 Å². The van der Waals surface area contributed by atoms with Crippen LogP contribution in [0.2, 0.25) is 0 Å². The highest BCUT2D eigenvalue weighted by Gasteiger charge is 2.15. The monoisotopic (exact) mass is 411 g/mol. The second kappa shape index (κ2) is 10.5. The fraction of sp³-hybridized carbons (Fsp3) is 0.591. The number of hydrogen-bond donors (Lipinski definition) is 2. The number of morpholine rings is 1. The fourth-order valence-electron chi connectivity index (χ4n) is 4.12. The minimum absolute atomic E-state index is 0.627. The molecule has 2 aliphatic rings. The van der Waals surface area contributed by atoms with E-state index >= 15 is 0 Å². The van der Waals surface area contributed by atoms with Crippen LogP contribution < -0.4 is 10.6 Å². The summed E-state index contributed by atoms with van der Waals surface area (Å²) in [5, 5.41) is 15.6. The van der Waals surface area contributed by atoms with Gasteiger partial charge in [-0.15, -0.1) is 10.2 Å². The van der Waals surface area contributed by atoms with E-state index < -0.39 is 0 Å². The quantitative estimate of drug-likeness (QED) is 0.556. The summed E-state index contributed by atoms with van der Waals surface area (Å²) < 4.78 is 7.74. The van der Waals surface area contributed by atoms with Gasteiger partial charge in [0.1, 0.15) is 5.82 Å². The summed E-state index contributed by atoms with van der Waals surface area (Å²) >= 11 is 0. The number of ether oxygens (including phenoxy) is 1. The molecule has 2 N–H and O–H groups in total. The van der Waals surface area contributed by atoms with Gasteiger partial charge in [0.15, 0.2) is 11.8 Å². The maximum absolute atomic E-state index is 5.47. The van der Waals surface area contributed by atoms with E-state index in [0.717, 1.165) is 70.0 Å². The summed E-state index contributed by atoms with van der Waals surface area (Å²) in [7, 11) is 1.80. The Morgan fingerprint density at radius 1 is 1.00 bits per heavy atom. The Morgan fingerprint density at radius 2 is 1.80 bits per heavy atom. The van der Waals surface area contributed by atoms with Gasteiger partial charge in [-0.2, -0.15) is 0 Å². The third-order valence-electron chi connectivity index (χ3n) is 5.89. The summed E-state index contributed by atoms with van der Waals surface area (Å²) in [5.74, 6) is 2.88. The van der Waals surface area contributed by atoms with Crippen molar-refractivity contribution >= 4 is 5.96 Å². The Bertz CT molecular complexity index is 842. The number of aryl methyl sites for hydroxylation is 1. The predicted molar refractivity (Wildman–Crippen MR) is 117 cm³/mol. The lowest BCUT2D eigenvalue weighted by Crippen LogP contribution is -2.38. The first-order chi connectivity index (χ1) is 14.8.